The number of nitrogens with one attached hydrogen (secondary N) is 1. The third kappa shape index (κ3) is 7.04. The monoisotopic (exact) mass is 398 g/mol. The fourth-order valence-corrected chi connectivity index (χ4v) is 3.76. The zero-order chi connectivity index (χ0) is 20.4. The van der Waals surface area contributed by atoms with Crippen LogP contribution in [-0.4, -0.2) is 35.1 Å². The molecule has 2 aromatic carbocycles. The Morgan fingerprint density at radius 3 is 2.46 bits per heavy atom. The molecular weight excluding hydrogens is 368 g/mol. The van der Waals surface area contributed by atoms with Crippen LogP contribution in [0.4, 0.5) is 0 Å². The highest BCUT2D eigenvalue weighted by Gasteiger charge is 2.25. The van der Waals surface area contributed by atoms with Crippen LogP contribution in [0.5, 0.6) is 0 Å². The first kappa shape index (κ1) is 22.0. The molecule has 0 saturated carbocycles. The molecule has 0 heterocycles. The molecule has 0 aromatic heterocycles. The minimum absolute atomic E-state index is 0.0133. The van der Waals surface area contributed by atoms with Gasteiger partial charge in [-0.05, 0) is 31.4 Å². The van der Waals surface area contributed by atoms with E-state index in [1.165, 1.54) is 11.1 Å². The maximum Gasteiger partial charge on any atom is 0.242 e. The van der Waals surface area contributed by atoms with Gasteiger partial charge in [0.2, 0.25) is 11.8 Å². The Kier molecular flexibility index (Phi) is 9.08. The summed E-state index contributed by atoms with van der Waals surface area (Å²) in [6, 6.07) is 17.6. The number of benzene rings is 2. The molecule has 0 unspecified atom stereocenters. The third-order valence-electron chi connectivity index (χ3n) is 4.49. The lowest BCUT2D eigenvalue weighted by Crippen LogP contribution is -2.48. The Balaban J connectivity index is 2.01. The number of hydrogen-bond donors (Lipinski definition) is 1. The van der Waals surface area contributed by atoms with Crippen molar-refractivity contribution in [2.45, 2.75) is 45.5 Å². The number of aryl methyl sites for hydroxylation is 1. The van der Waals surface area contributed by atoms with Gasteiger partial charge in [-0.15, -0.1) is 11.8 Å². The van der Waals surface area contributed by atoms with Gasteiger partial charge in [0.05, 0.1) is 5.75 Å². The number of amides is 2. The summed E-state index contributed by atoms with van der Waals surface area (Å²) in [5.74, 6) is 1.02. The van der Waals surface area contributed by atoms with Gasteiger partial charge in [-0.25, -0.2) is 0 Å². The van der Waals surface area contributed by atoms with Crippen molar-refractivity contribution in [2.75, 3.05) is 12.3 Å². The number of rotatable bonds is 10. The molecule has 2 aromatic rings. The van der Waals surface area contributed by atoms with Crippen molar-refractivity contribution in [3.8, 4) is 0 Å². The predicted octanol–water partition coefficient (Wildman–Crippen LogP) is 4.17. The van der Waals surface area contributed by atoms with E-state index in [-0.39, 0.29) is 11.8 Å². The molecule has 28 heavy (non-hydrogen) atoms. The maximum absolute atomic E-state index is 12.9. The van der Waals surface area contributed by atoms with Gasteiger partial charge in [-0.3, -0.25) is 9.59 Å². The Bertz CT molecular complexity index is 764. The van der Waals surface area contributed by atoms with E-state index in [0.29, 0.717) is 18.8 Å². The highest BCUT2D eigenvalue weighted by atomic mass is 32.2. The molecule has 4 nitrogen and oxygen atoms in total. The van der Waals surface area contributed by atoms with Gasteiger partial charge in [0.25, 0.3) is 0 Å². The standard InChI is InChI=1S/C23H30N2O2S/c1-4-13-24-23(27)19(3)25(15-20-10-6-5-7-11-20)22(26)17-28-16-21-12-8-9-18(2)14-21/h5-12,14,19H,4,13,15-17H2,1-3H3,(H,24,27)/t19-/m1/s1. The van der Waals surface area contributed by atoms with Crippen molar-refractivity contribution in [1.82, 2.24) is 10.2 Å². The first-order valence-electron chi connectivity index (χ1n) is 9.75. The van der Waals surface area contributed by atoms with Gasteiger partial charge in [-0.2, -0.15) is 0 Å². The van der Waals surface area contributed by atoms with Crippen molar-refractivity contribution in [2.24, 2.45) is 0 Å². The molecule has 0 saturated heterocycles. The lowest BCUT2D eigenvalue weighted by molar-refractivity contribution is -0.138. The summed E-state index contributed by atoms with van der Waals surface area (Å²) in [5.41, 5.74) is 3.45. The van der Waals surface area contributed by atoms with Gasteiger partial charge < -0.3 is 10.2 Å². The normalized spacial score (nSPS) is 11.7. The molecular formula is C23H30N2O2S. The van der Waals surface area contributed by atoms with Gasteiger partial charge in [0.15, 0.2) is 0 Å². The fourth-order valence-electron chi connectivity index (χ4n) is 2.90. The van der Waals surface area contributed by atoms with Gasteiger partial charge in [0, 0.05) is 18.8 Å². The first-order valence-corrected chi connectivity index (χ1v) is 10.9. The highest BCUT2D eigenvalue weighted by Crippen LogP contribution is 2.16. The van der Waals surface area contributed by atoms with Crippen molar-refractivity contribution < 1.29 is 9.59 Å². The Morgan fingerprint density at radius 1 is 1.07 bits per heavy atom. The SMILES string of the molecule is CCCNC(=O)[C@@H](C)N(Cc1ccccc1)C(=O)CSCc1cccc(C)c1. The maximum atomic E-state index is 12.9. The quantitative estimate of drug-likeness (QED) is 0.653. The molecule has 0 aliphatic rings. The minimum Gasteiger partial charge on any atom is -0.354 e. The lowest BCUT2D eigenvalue weighted by Gasteiger charge is -2.28. The Hall–Kier alpha value is -2.27. The van der Waals surface area contributed by atoms with Crippen LogP contribution in [0.2, 0.25) is 0 Å². The second kappa shape index (κ2) is 11.5. The first-order chi connectivity index (χ1) is 13.5. The number of carbonyl (C=O) groups excluding carboxylic acids is 2. The van der Waals surface area contributed by atoms with E-state index in [9.17, 15) is 9.59 Å². The zero-order valence-corrected chi connectivity index (χ0v) is 17.8. The molecule has 0 bridgehead atoms. The van der Waals surface area contributed by atoms with Gasteiger partial charge in [-0.1, -0.05) is 67.1 Å². The van der Waals surface area contributed by atoms with Crippen LogP contribution in [0, 0.1) is 6.92 Å². The van der Waals surface area contributed by atoms with Crippen molar-refractivity contribution >= 4 is 23.6 Å². The molecule has 0 aliphatic carbocycles. The minimum atomic E-state index is -0.501. The van der Waals surface area contributed by atoms with Gasteiger partial charge >= 0.3 is 0 Å². The van der Waals surface area contributed by atoms with E-state index in [0.717, 1.165) is 17.7 Å². The molecule has 0 spiro atoms. The summed E-state index contributed by atoms with van der Waals surface area (Å²) in [5, 5.41) is 2.90. The van der Waals surface area contributed by atoms with Crippen LogP contribution >= 0.6 is 11.8 Å². The summed E-state index contributed by atoms with van der Waals surface area (Å²) in [4.78, 5) is 27.1. The number of hydrogen-bond acceptors (Lipinski definition) is 3. The van der Waals surface area contributed by atoms with Crippen LogP contribution in [0.3, 0.4) is 0 Å². The molecule has 1 atom stereocenters. The lowest BCUT2D eigenvalue weighted by atomic mass is 10.1. The second-order valence-corrected chi connectivity index (χ2v) is 7.94. The van der Waals surface area contributed by atoms with Crippen molar-refractivity contribution in [3.63, 3.8) is 0 Å². The Morgan fingerprint density at radius 2 is 1.79 bits per heavy atom. The smallest absolute Gasteiger partial charge is 0.242 e. The Labute approximate surface area is 172 Å². The largest absolute Gasteiger partial charge is 0.354 e. The fraction of sp³-hybridized carbons (Fsp3) is 0.391. The van der Waals surface area contributed by atoms with E-state index in [4.69, 9.17) is 0 Å². The summed E-state index contributed by atoms with van der Waals surface area (Å²) in [7, 11) is 0. The van der Waals surface area contributed by atoms with E-state index in [1.807, 2.05) is 43.3 Å². The van der Waals surface area contributed by atoms with Gasteiger partial charge in [0.1, 0.15) is 6.04 Å². The van der Waals surface area contributed by atoms with Crippen LogP contribution < -0.4 is 5.32 Å². The summed E-state index contributed by atoms with van der Waals surface area (Å²) in [6.07, 6.45) is 0.872. The molecule has 0 radical (unpaired) electrons. The molecule has 5 heteroatoms. The van der Waals surface area contributed by atoms with Crippen molar-refractivity contribution in [1.29, 1.82) is 0 Å². The van der Waals surface area contributed by atoms with Crippen LogP contribution in [0.25, 0.3) is 0 Å². The molecule has 150 valence electrons. The summed E-state index contributed by atoms with van der Waals surface area (Å²) in [6.45, 7) is 6.94. The number of carbonyl (C=O) groups is 2. The van der Waals surface area contributed by atoms with Crippen LogP contribution in [0.1, 0.15) is 37.0 Å². The van der Waals surface area contributed by atoms with Crippen LogP contribution in [-0.2, 0) is 21.9 Å². The van der Waals surface area contributed by atoms with Crippen LogP contribution in [0.15, 0.2) is 54.6 Å². The second-order valence-electron chi connectivity index (χ2n) is 6.96. The number of nitrogens with zero attached hydrogens (tertiary/aromatic N) is 1. The highest BCUT2D eigenvalue weighted by molar-refractivity contribution is 7.99. The molecule has 0 aliphatic heterocycles. The van der Waals surface area contributed by atoms with E-state index in [2.05, 4.69) is 30.4 Å². The van der Waals surface area contributed by atoms with E-state index < -0.39 is 6.04 Å². The van der Waals surface area contributed by atoms with E-state index >= 15 is 0 Å². The van der Waals surface area contributed by atoms with Crippen molar-refractivity contribution in [3.05, 3.63) is 71.3 Å². The summed E-state index contributed by atoms with van der Waals surface area (Å²) < 4.78 is 0. The average Bonchev–Trinajstić information content (AvgIpc) is 2.70. The molecule has 0 fully saturated rings. The number of thioether (sulfide) groups is 1. The molecule has 1 N–H and O–H groups in total. The zero-order valence-electron chi connectivity index (χ0n) is 17.0. The summed E-state index contributed by atoms with van der Waals surface area (Å²) >= 11 is 1.59. The predicted molar refractivity (Wildman–Crippen MR) is 117 cm³/mol. The molecule has 2 amide bonds. The third-order valence-corrected chi connectivity index (χ3v) is 5.48. The average molecular weight is 399 g/mol. The molecule has 2 rings (SSSR count). The topological polar surface area (TPSA) is 49.4 Å². The van der Waals surface area contributed by atoms with E-state index in [1.54, 1.807) is 23.6 Å².